The second-order valence-electron chi connectivity index (χ2n) is 1.32. The van der Waals surface area contributed by atoms with Gasteiger partial charge in [0, 0.05) is 14.2 Å². The van der Waals surface area contributed by atoms with Crippen LogP contribution in [0.3, 0.4) is 0 Å². The molecule has 0 aromatic carbocycles. The van der Waals surface area contributed by atoms with Gasteiger partial charge in [-0.1, -0.05) is 14.9 Å². The molecule has 0 heterocycles. The second kappa shape index (κ2) is 196. The Kier molecular flexibility index (Phi) is 904. The number of rotatable bonds is 0. The van der Waals surface area contributed by atoms with Gasteiger partial charge in [-0.05, 0) is 26.6 Å². The van der Waals surface area contributed by atoms with Crippen LogP contribution in [0, 0.1) is 0 Å². The molecule has 14 heavy (non-hydrogen) atoms. The minimum Gasteiger partial charge on any atom is -0.412 e. The van der Waals surface area contributed by atoms with Crippen molar-refractivity contribution in [3.05, 3.63) is 0 Å². The first-order valence-electron chi connectivity index (χ1n) is 2.63. The van der Waals surface area contributed by atoms with Crippen molar-refractivity contribution in [2.45, 2.75) is 14.9 Å². The average Bonchev–Trinajstić information content (AvgIpc) is 1.70. The molecule has 0 spiro atoms. The lowest BCUT2D eigenvalue weighted by Gasteiger charge is -1.61. The zero-order valence-electron chi connectivity index (χ0n) is 8.82. The lowest BCUT2D eigenvalue weighted by Crippen LogP contribution is -1.89. The van der Waals surface area contributed by atoms with E-state index in [0.29, 0.717) is 0 Å². The van der Waals surface area contributed by atoms with E-state index in [-0.39, 0.29) is 31.3 Å². The zero-order chi connectivity index (χ0) is 8.12. The van der Waals surface area contributed by atoms with Gasteiger partial charge < -0.3 is 26.5 Å². The number of ether oxygens (including phenoxy) is 1. The summed E-state index contributed by atoms with van der Waals surface area (Å²) in [4.78, 5) is 0. The van der Waals surface area contributed by atoms with Gasteiger partial charge in [-0.2, -0.15) is 11.8 Å². The summed E-state index contributed by atoms with van der Waals surface area (Å²) >= 11 is 1.75. The summed E-state index contributed by atoms with van der Waals surface area (Å²) in [6.07, 6.45) is 4.08. The molecule has 0 aromatic rings. The smallest absolute Gasteiger partial charge is 0.0351 e. The van der Waals surface area contributed by atoms with Gasteiger partial charge in [-0.25, -0.2) is 0 Å². The second-order valence-corrected chi connectivity index (χ2v) is 2.13. The van der Waals surface area contributed by atoms with E-state index in [2.05, 4.69) is 10.1 Å². The van der Waals surface area contributed by atoms with Gasteiger partial charge in [0.05, 0.1) is 0 Å². The van der Waals surface area contributed by atoms with Crippen LogP contribution in [0.25, 0.3) is 0 Å². The topological polar surface area (TPSA) is 116 Å². The summed E-state index contributed by atoms with van der Waals surface area (Å²) in [6, 6.07) is 0. The highest BCUT2D eigenvalue weighted by molar-refractivity contribution is 7.97. The third kappa shape index (κ3) is 67100. The Balaban J connectivity index is -0.00000000545. The van der Waals surface area contributed by atoms with Crippen LogP contribution in [0.4, 0.5) is 0 Å². The largest absolute Gasteiger partial charge is 0.412 e. The van der Waals surface area contributed by atoms with Crippen molar-refractivity contribution in [2.75, 3.05) is 40.8 Å². The van der Waals surface area contributed by atoms with Crippen LogP contribution < -0.4 is 5.32 Å². The van der Waals surface area contributed by atoms with E-state index in [9.17, 15) is 0 Å². The van der Waals surface area contributed by atoms with Gasteiger partial charge in [-0.3, -0.25) is 0 Å². The number of hydrogen-bond donors (Lipinski definition) is 1. The number of methoxy groups -OCH3 is 1. The molecule has 0 bridgehead atoms. The number of hydrogen-bond acceptors (Lipinski definition) is 3. The summed E-state index contributed by atoms with van der Waals surface area (Å²) in [5.41, 5.74) is 0. The summed E-state index contributed by atoms with van der Waals surface area (Å²) in [5, 5.41) is 2.75. The van der Waals surface area contributed by atoms with Crippen molar-refractivity contribution in [1.29, 1.82) is 0 Å². The fourth-order valence-corrected chi connectivity index (χ4v) is 0. The maximum absolute atomic E-state index is 4.25. The molecule has 5 nitrogen and oxygen atoms in total. The summed E-state index contributed by atoms with van der Waals surface area (Å²) in [6.45, 7) is 0. The highest BCUT2D eigenvalue weighted by atomic mass is 32.2. The third-order valence-corrected chi connectivity index (χ3v) is 0. The van der Waals surface area contributed by atoms with E-state index >= 15 is 0 Å². The first kappa shape index (κ1) is 64.7. The molecule has 100 valence electrons. The molecule has 0 saturated carbocycles. The first-order valence-corrected chi connectivity index (χ1v) is 4.27. The number of thioether (sulfide) groups is 1. The predicted molar refractivity (Wildman–Crippen MR) is 71.7 cm³/mol. The molecule has 0 amide bonds. The van der Waals surface area contributed by atoms with Crippen LogP contribution in [0.15, 0.2) is 0 Å². The summed E-state index contributed by atoms with van der Waals surface area (Å²) < 4.78 is 4.25. The highest BCUT2D eigenvalue weighted by Crippen LogP contribution is 1.70. The van der Waals surface area contributed by atoms with Gasteiger partial charge >= 0.3 is 0 Å². The Bertz CT molecular complexity index is 26.1. The fourth-order valence-electron chi connectivity index (χ4n) is 0. The molecule has 0 rings (SSSR count). The number of nitrogens with one attached hydrogen (secondary N) is 1. The average molecular weight is 239 g/mol. The van der Waals surface area contributed by atoms with E-state index in [1.54, 1.807) is 26.0 Å². The van der Waals surface area contributed by atoms with Crippen LogP contribution in [-0.4, -0.2) is 57.3 Å². The SMILES string of the molecule is C.C.CNC.COC.CSC.O.O.O. The summed E-state index contributed by atoms with van der Waals surface area (Å²) in [7, 11) is 7.00. The molecule has 0 fully saturated rings. The fraction of sp³-hybridized carbons (Fsp3) is 1.00. The molecule has 0 aliphatic rings. The van der Waals surface area contributed by atoms with Crippen LogP contribution in [0.5, 0.6) is 0 Å². The van der Waals surface area contributed by atoms with Crippen LogP contribution in [0.1, 0.15) is 14.9 Å². The molecule has 7 N–H and O–H groups in total. The van der Waals surface area contributed by atoms with Gasteiger partial charge in [0.25, 0.3) is 0 Å². The Hall–Kier alpha value is 0.150. The maximum Gasteiger partial charge on any atom is 0.0351 e. The Morgan fingerprint density at radius 1 is 0.857 bits per heavy atom. The van der Waals surface area contributed by atoms with E-state index in [4.69, 9.17) is 0 Å². The normalized spacial score (nSPS) is 3.86. The predicted octanol–water partition coefficient (Wildman–Crippen LogP) is -0.125. The standard InChI is InChI=1S/C2H7N.C2H6O.C2H6S.2CH4.3H2O/c3*1-3-2;;;;;/h3H,1-2H3;2*1-2H3;2*1H4;3*1H2. The zero-order valence-corrected chi connectivity index (χ0v) is 9.63. The molecule has 0 radical (unpaired) electrons. The molecule has 6 heteroatoms. The van der Waals surface area contributed by atoms with E-state index in [1.807, 2.05) is 26.6 Å². The van der Waals surface area contributed by atoms with Crippen molar-refractivity contribution in [2.24, 2.45) is 0 Å². The molecular formula is C8H33NO4S. The van der Waals surface area contributed by atoms with Gasteiger partial charge in [0.15, 0.2) is 0 Å². The van der Waals surface area contributed by atoms with Crippen molar-refractivity contribution in [1.82, 2.24) is 5.32 Å². The van der Waals surface area contributed by atoms with E-state index in [0.717, 1.165) is 0 Å². The Morgan fingerprint density at radius 2 is 0.857 bits per heavy atom. The monoisotopic (exact) mass is 239 g/mol. The van der Waals surface area contributed by atoms with Crippen LogP contribution in [-0.2, 0) is 4.74 Å². The molecule has 0 aromatic heterocycles. The quantitative estimate of drug-likeness (QED) is 0.635. The van der Waals surface area contributed by atoms with Gasteiger partial charge in [0.2, 0.25) is 0 Å². The molecule has 0 aliphatic heterocycles. The summed E-state index contributed by atoms with van der Waals surface area (Å²) in [5.74, 6) is 0. The molecule has 0 unspecified atom stereocenters. The Labute approximate surface area is 94.5 Å². The van der Waals surface area contributed by atoms with Crippen molar-refractivity contribution in [3.8, 4) is 0 Å². The minimum atomic E-state index is 0. The van der Waals surface area contributed by atoms with Crippen molar-refractivity contribution in [3.63, 3.8) is 0 Å². The third-order valence-electron chi connectivity index (χ3n) is 0. The lowest BCUT2D eigenvalue weighted by molar-refractivity contribution is 0.277. The van der Waals surface area contributed by atoms with Crippen LogP contribution in [0.2, 0.25) is 0 Å². The van der Waals surface area contributed by atoms with Gasteiger partial charge in [-0.15, -0.1) is 0 Å². The lowest BCUT2D eigenvalue weighted by atomic mass is 11.3. The van der Waals surface area contributed by atoms with Crippen LogP contribution >= 0.6 is 11.8 Å². The molecule has 0 atom stereocenters. The minimum absolute atomic E-state index is 0. The maximum atomic E-state index is 4.25. The Morgan fingerprint density at radius 3 is 0.857 bits per heavy atom. The molecular weight excluding hydrogens is 206 g/mol. The van der Waals surface area contributed by atoms with E-state index < -0.39 is 0 Å². The first-order chi connectivity index (χ1) is 4.24. The van der Waals surface area contributed by atoms with Crippen molar-refractivity contribution >= 4 is 11.8 Å². The van der Waals surface area contributed by atoms with E-state index in [1.165, 1.54) is 0 Å². The molecule has 0 aliphatic carbocycles. The van der Waals surface area contributed by atoms with Gasteiger partial charge in [0.1, 0.15) is 0 Å². The highest BCUT2D eigenvalue weighted by Gasteiger charge is 1.32. The molecule has 0 saturated heterocycles. The van der Waals surface area contributed by atoms with Crippen molar-refractivity contribution < 1.29 is 21.2 Å².